The Morgan fingerprint density at radius 3 is 2.18 bits per heavy atom. The van der Waals surface area contributed by atoms with E-state index in [1.54, 1.807) is 30.2 Å². The summed E-state index contributed by atoms with van der Waals surface area (Å²) in [5.74, 6) is -1.09. The highest BCUT2D eigenvalue weighted by Gasteiger charge is 2.42. The summed E-state index contributed by atoms with van der Waals surface area (Å²) in [7, 11) is 3.07. The largest absolute Gasteiger partial charge is 0.493 e. The number of carboxylic acids is 1. The van der Waals surface area contributed by atoms with E-state index < -0.39 is 17.8 Å². The third-order valence-corrected chi connectivity index (χ3v) is 5.69. The van der Waals surface area contributed by atoms with Gasteiger partial charge < -0.3 is 24.8 Å². The summed E-state index contributed by atoms with van der Waals surface area (Å²) in [5, 5.41) is 12.1. The predicted octanol–water partition coefficient (Wildman–Crippen LogP) is 1.54. The van der Waals surface area contributed by atoms with E-state index in [2.05, 4.69) is 5.32 Å². The number of hydrogen-bond donors (Lipinski definition) is 2. The molecule has 2 atom stereocenters. The van der Waals surface area contributed by atoms with Crippen molar-refractivity contribution in [3.8, 4) is 11.5 Å². The fourth-order valence-corrected chi connectivity index (χ4v) is 3.80. The first kappa shape index (κ1) is 20.0. The predicted molar refractivity (Wildman–Crippen MR) is 100 cm³/mol. The van der Waals surface area contributed by atoms with Crippen molar-refractivity contribution >= 4 is 17.8 Å². The van der Waals surface area contributed by atoms with Crippen LogP contribution >= 0.6 is 0 Å². The lowest BCUT2D eigenvalue weighted by atomic mass is 9.73. The maximum Gasteiger partial charge on any atom is 0.307 e. The Morgan fingerprint density at radius 1 is 1.00 bits per heavy atom. The van der Waals surface area contributed by atoms with E-state index in [-0.39, 0.29) is 17.9 Å². The summed E-state index contributed by atoms with van der Waals surface area (Å²) in [5.41, 5.74) is 0.527. The van der Waals surface area contributed by atoms with E-state index in [4.69, 9.17) is 14.6 Å². The molecule has 0 aromatic heterocycles. The van der Waals surface area contributed by atoms with Crippen LogP contribution in [0.25, 0.3) is 0 Å². The number of aliphatic carboxylic acids is 1. The molecule has 152 valence electrons. The van der Waals surface area contributed by atoms with Gasteiger partial charge in [-0.05, 0) is 43.9 Å². The minimum atomic E-state index is -0.901. The van der Waals surface area contributed by atoms with Crippen LogP contribution in [0.2, 0.25) is 0 Å². The van der Waals surface area contributed by atoms with Gasteiger partial charge in [-0.2, -0.15) is 0 Å². The van der Waals surface area contributed by atoms with Crippen LogP contribution in [0.4, 0.5) is 0 Å². The van der Waals surface area contributed by atoms with Crippen molar-refractivity contribution in [2.24, 2.45) is 11.8 Å². The normalized spacial score (nSPS) is 22.1. The van der Waals surface area contributed by atoms with Crippen LogP contribution < -0.4 is 14.8 Å². The maximum atomic E-state index is 12.8. The lowest BCUT2D eigenvalue weighted by molar-refractivity contribution is -0.153. The van der Waals surface area contributed by atoms with Crippen LogP contribution in [0.3, 0.4) is 0 Å². The quantitative estimate of drug-likeness (QED) is 0.763. The molecule has 1 aliphatic heterocycles. The molecule has 2 unspecified atom stereocenters. The van der Waals surface area contributed by atoms with Crippen molar-refractivity contribution in [3.63, 3.8) is 0 Å². The third-order valence-electron chi connectivity index (χ3n) is 5.69. The molecule has 1 aromatic carbocycles. The summed E-state index contributed by atoms with van der Waals surface area (Å²) < 4.78 is 10.5. The van der Waals surface area contributed by atoms with Gasteiger partial charge in [0.2, 0.25) is 5.91 Å². The molecule has 8 heteroatoms. The number of nitrogens with one attached hydrogen (secondary N) is 1. The zero-order valence-corrected chi connectivity index (χ0v) is 16.1. The van der Waals surface area contributed by atoms with Crippen molar-refractivity contribution in [3.05, 3.63) is 23.8 Å². The number of piperidine rings is 1. The third kappa shape index (κ3) is 4.05. The Morgan fingerprint density at radius 2 is 1.64 bits per heavy atom. The molecule has 2 N–H and O–H groups in total. The molecular weight excluding hydrogens is 364 g/mol. The van der Waals surface area contributed by atoms with Crippen LogP contribution in [0.15, 0.2) is 18.2 Å². The summed E-state index contributed by atoms with van der Waals surface area (Å²) in [6.45, 7) is 1.07. The number of likely N-dealkylation sites (tertiary alicyclic amines) is 1. The average molecular weight is 390 g/mol. The SMILES string of the molecule is COc1ccc(C(=O)N2CCC(NC(=O)C3CCC3C(=O)O)CC2)cc1OC. The highest BCUT2D eigenvalue weighted by Crippen LogP contribution is 2.35. The number of carboxylic acid groups (broad SMARTS) is 1. The number of rotatable bonds is 6. The molecule has 2 amide bonds. The Kier molecular flexibility index (Phi) is 6.06. The number of carbonyl (C=O) groups excluding carboxylic acids is 2. The van der Waals surface area contributed by atoms with Crippen molar-refractivity contribution < 1.29 is 29.0 Å². The van der Waals surface area contributed by atoms with Gasteiger partial charge in [-0.3, -0.25) is 14.4 Å². The molecule has 1 heterocycles. The Hall–Kier alpha value is -2.77. The van der Waals surface area contributed by atoms with Crippen molar-refractivity contribution in [1.29, 1.82) is 0 Å². The van der Waals surface area contributed by atoms with Crippen molar-refractivity contribution in [1.82, 2.24) is 10.2 Å². The molecule has 1 saturated heterocycles. The first-order valence-corrected chi connectivity index (χ1v) is 9.49. The van der Waals surface area contributed by atoms with Gasteiger partial charge in [0.15, 0.2) is 11.5 Å². The lowest BCUT2D eigenvalue weighted by Crippen LogP contribution is -2.51. The smallest absolute Gasteiger partial charge is 0.307 e. The van der Waals surface area contributed by atoms with Crippen LogP contribution in [0.1, 0.15) is 36.0 Å². The standard InChI is InChI=1S/C20H26N2O6/c1-27-16-6-3-12(11-17(16)28-2)19(24)22-9-7-13(8-10-22)21-18(23)14-4-5-15(14)20(25)26/h3,6,11,13-15H,4-5,7-10H2,1-2H3,(H,21,23)(H,25,26). The molecule has 2 fully saturated rings. The summed E-state index contributed by atoms with van der Waals surface area (Å²) in [4.78, 5) is 37.9. The fourth-order valence-electron chi connectivity index (χ4n) is 3.80. The minimum Gasteiger partial charge on any atom is -0.493 e. The number of ether oxygens (including phenoxy) is 2. The highest BCUT2D eigenvalue weighted by molar-refractivity contribution is 5.95. The van der Waals surface area contributed by atoms with E-state index in [1.165, 1.54) is 7.11 Å². The zero-order valence-electron chi connectivity index (χ0n) is 16.1. The van der Waals surface area contributed by atoms with E-state index in [0.29, 0.717) is 55.8 Å². The minimum absolute atomic E-state index is 0.0306. The fraction of sp³-hybridized carbons (Fsp3) is 0.550. The zero-order chi connectivity index (χ0) is 20.3. The van der Waals surface area contributed by atoms with E-state index in [9.17, 15) is 14.4 Å². The van der Waals surface area contributed by atoms with Gasteiger partial charge in [-0.1, -0.05) is 0 Å². The molecular formula is C20H26N2O6. The molecule has 1 aromatic rings. The van der Waals surface area contributed by atoms with Gasteiger partial charge in [0, 0.05) is 24.7 Å². The molecule has 0 bridgehead atoms. The maximum absolute atomic E-state index is 12.8. The second kappa shape index (κ2) is 8.50. The van der Waals surface area contributed by atoms with Crippen LogP contribution in [-0.2, 0) is 9.59 Å². The number of benzene rings is 1. The lowest BCUT2D eigenvalue weighted by Gasteiger charge is -2.36. The molecule has 3 rings (SSSR count). The van der Waals surface area contributed by atoms with E-state index >= 15 is 0 Å². The average Bonchev–Trinajstić information content (AvgIpc) is 2.66. The first-order valence-electron chi connectivity index (χ1n) is 9.49. The Balaban J connectivity index is 1.53. The molecule has 2 aliphatic rings. The van der Waals surface area contributed by atoms with E-state index in [0.717, 1.165) is 0 Å². The molecule has 8 nitrogen and oxygen atoms in total. The van der Waals surface area contributed by atoms with Gasteiger partial charge >= 0.3 is 5.97 Å². The summed E-state index contributed by atoms with van der Waals surface area (Å²) in [6.07, 6.45) is 2.48. The molecule has 1 aliphatic carbocycles. The molecule has 0 radical (unpaired) electrons. The van der Waals surface area contributed by atoms with Gasteiger partial charge in [0.25, 0.3) is 5.91 Å². The second-order valence-electron chi connectivity index (χ2n) is 7.27. The highest BCUT2D eigenvalue weighted by atomic mass is 16.5. The van der Waals surface area contributed by atoms with Gasteiger partial charge in [0.05, 0.1) is 26.1 Å². The Bertz CT molecular complexity index is 757. The van der Waals surface area contributed by atoms with Crippen molar-refractivity contribution in [2.75, 3.05) is 27.3 Å². The first-order chi connectivity index (χ1) is 13.4. The second-order valence-corrected chi connectivity index (χ2v) is 7.27. The van der Waals surface area contributed by atoms with Crippen LogP contribution in [0.5, 0.6) is 11.5 Å². The molecule has 1 saturated carbocycles. The summed E-state index contributed by atoms with van der Waals surface area (Å²) >= 11 is 0. The Labute approximate surface area is 163 Å². The molecule has 0 spiro atoms. The number of methoxy groups -OCH3 is 2. The topological polar surface area (TPSA) is 105 Å². The monoisotopic (exact) mass is 390 g/mol. The van der Waals surface area contributed by atoms with Crippen LogP contribution in [-0.4, -0.2) is 61.1 Å². The number of amides is 2. The van der Waals surface area contributed by atoms with Gasteiger partial charge in [-0.15, -0.1) is 0 Å². The van der Waals surface area contributed by atoms with Gasteiger partial charge in [-0.25, -0.2) is 0 Å². The van der Waals surface area contributed by atoms with Crippen LogP contribution in [0, 0.1) is 11.8 Å². The molecule has 28 heavy (non-hydrogen) atoms. The number of nitrogens with zero attached hydrogens (tertiary/aromatic N) is 1. The van der Waals surface area contributed by atoms with Crippen molar-refractivity contribution in [2.45, 2.75) is 31.7 Å². The number of carbonyl (C=O) groups is 3. The van der Waals surface area contributed by atoms with Gasteiger partial charge in [0.1, 0.15) is 0 Å². The van der Waals surface area contributed by atoms with E-state index in [1.807, 2.05) is 0 Å². The summed E-state index contributed by atoms with van der Waals surface area (Å²) in [6, 6.07) is 5.05. The number of hydrogen-bond acceptors (Lipinski definition) is 5.